The van der Waals surface area contributed by atoms with Crippen LogP contribution in [0, 0.1) is 0 Å². The molecule has 0 unspecified atom stereocenters. The Morgan fingerprint density at radius 3 is 1.83 bits per heavy atom. The van der Waals surface area contributed by atoms with Crippen LogP contribution in [0.4, 0.5) is 0 Å². The molecule has 0 fully saturated rings. The molecule has 220 valence electrons. The lowest BCUT2D eigenvalue weighted by molar-refractivity contribution is 0.661. The van der Waals surface area contributed by atoms with Gasteiger partial charge in [0.15, 0.2) is 0 Å². The second kappa shape index (κ2) is 9.64. The first kappa shape index (κ1) is 26.5. The molecule has 0 saturated heterocycles. The Labute approximate surface area is 274 Å². The van der Waals surface area contributed by atoms with E-state index in [2.05, 4.69) is 172 Å². The van der Waals surface area contributed by atoms with E-state index in [0.717, 1.165) is 0 Å². The maximum atomic E-state index is 2.44. The van der Waals surface area contributed by atoms with Gasteiger partial charge in [-0.25, -0.2) is 0 Å². The summed E-state index contributed by atoms with van der Waals surface area (Å²) in [6.07, 6.45) is 0. The zero-order valence-electron chi connectivity index (χ0n) is 26.5. The molecule has 0 heterocycles. The normalized spacial score (nSPS) is 13.5. The Morgan fingerprint density at radius 2 is 0.957 bits per heavy atom. The molecule has 10 rings (SSSR count). The van der Waals surface area contributed by atoms with Crippen LogP contribution >= 0.6 is 0 Å². The predicted octanol–water partition coefficient (Wildman–Crippen LogP) is 13.0. The van der Waals surface area contributed by atoms with Crippen LogP contribution in [0.15, 0.2) is 158 Å². The Bertz CT molecular complexity index is 2690. The van der Waals surface area contributed by atoms with Crippen LogP contribution in [0.5, 0.6) is 0 Å². The van der Waals surface area contributed by atoms with Crippen LogP contribution in [-0.2, 0) is 5.41 Å². The van der Waals surface area contributed by atoms with Crippen molar-refractivity contribution >= 4 is 43.1 Å². The molecule has 9 aromatic rings. The van der Waals surface area contributed by atoms with Gasteiger partial charge in [-0.2, -0.15) is 0 Å². The summed E-state index contributed by atoms with van der Waals surface area (Å²) in [5.74, 6) is 0. The van der Waals surface area contributed by atoms with Crippen LogP contribution in [-0.4, -0.2) is 0 Å². The number of rotatable bonds is 3. The third kappa shape index (κ3) is 3.76. The minimum Gasteiger partial charge on any atom is -0.0616 e. The van der Waals surface area contributed by atoms with Crippen molar-refractivity contribution in [2.24, 2.45) is 0 Å². The maximum absolute atomic E-state index is 2.44. The molecule has 9 aromatic carbocycles. The summed E-state index contributed by atoms with van der Waals surface area (Å²) in [4.78, 5) is 0. The van der Waals surface area contributed by atoms with E-state index >= 15 is 0 Å². The quantitative estimate of drug-likeness (QED) is 0.178. The number of hydrogen-bond donors (Lipinski definition) is 0. The van der Waals surface area contributed by atoms with Crippen molar-refractivity contribution in [3.63, 3.8) is 0 Å². The van der Waals surface area contributed by atoms with E-state index in [-0.39, 0.29) is 5.41 Å². The van der Waals surface area contributed by atoms with E-state index in [1.165, 1.54) is 98.7 Å². The molecular formula is C47H32. The summed E-state index contributed by atoms with van der Waals surface area (Å²) in [6.45, 7) is 4.75. The van der Waals surface area contributed by atoms with Crippen molar-refractivity contribution in [2.75, 3.05) is 0 Å². The first-order chi connectivity index (χ1) is 23.1. The van der Waals surface area contributed by atoms with Crippen molar-refractivity contribution in [1.29, 1.82) is 0 Å². The van der Waals surface area contributed by atoms with Crippen molar-refractivity contribution in [3.8, 4) is 44.5 Å². The van der Waals surface area contributed by atoms with Gasteiger partial charge in [-0.05, 0) is 111 Å². The van der Waals surface area contributed by atoms with Gasteiger partial charge in [0.1, 0.15) is 0 Å². The third-order valence-electron chi connectivity index (χ3n) is 10.8. The highest BCUT2D eigenvalue weighted by atomic mass is 14.4. The predicted molar refractivity (Wildman–Crippen MR) is 202 cm³/mol. The molecule has 0 radical (unpaired) electrons. The van der Waals surface area contributed by atoms with Crippen LogP contribution in [0.25, 0.3) is 87.6 Å². The molecular weight excluding hydrogens is 565 g/mol. The fraction of sp³-hybridized carbons (Fsp3) is 0.0638. The SMILES string of the molecule is CC1(C)c2cc(-c3cccc(-c4ccccc4-c4ccc5ccc6cccc7ccc4c5c67)c3)ccc2-c2c1ccc1ccccc21. The van der Waals surface area contributed by atoms with Crippen molar-refractivity contribution in [1.82, 2.24) is 0 Å². The van der Waals surface area contributed by atoms with Gasteiger partial charge < -0.3 is 0 Å². The fourth-order valence-electron chi connectivity index (χ4n) is 8.49. The minimum absolute atomic E-state index is 0.0655. The number of benzene rings is 9. The van der Waals surface area contributed by atoms with Crippen molar-refractivity contribution in [3.05, 3.63) is 169 Å². The molecule has 1 aliphatic carbocycles. The van der Waals surface area contributed by atoms with Crippen molar-refractivity contribution < 1.29 is 0 Å². The molecule has 0 bridgehead atoms. The minimum atomic E-state index is -0.0655. The fourth-order valence-corrected chi connectivity index (χ4v) is 8.49. The number of hydrogen-bond acceptors (Lipinski definition) is 0. The first-order valence-corrected chi connectivity index (χ1v) is 16.6. The summed E-state index contributed by atoms with van der Waals surface area (Å²) in [5, 5.41) is 10.6. The molecule has 47 heavy (non-hydrogen) atoms. The molecule has 0 aliphatic heterocycles. The van der Waals surface area contributed by atoms with Gasteiger partial charge in [0.05, 0.1) is 0 Å². The van der Waals surface area contributed by atoms with E-state index in [4.69, 9.17) is 0 Å². The average molecular weight is 597 g/mol. The lowest BCUT2D eigenvalue weighted by Gasteiger charge is -2.22. The van der Waals surface area contributed by atoms with E-state index in [9.17, 15) is 0 Å². The maximum Gasteiger partial charge on any atom is 0.0159 e. The molecule has 1 aliphatic rings. The number of fused-ring (bicyclic) bond motifs is 5. The summed E-state index contributed by atoms with van der Waals surface area (Å²) in [7, 11) is 0. The highest BCUT2D eigenvalue weighted by Gasteiger charge is 2.36. The van der Waals surface area contributed by atoms with Crippen LogP contribution in [0.2, 0.25) is 0 Å². The van der Waals surface area contributed by atoms with Gasteiger partial charge in [-0.15, -0.1) is 0 Å². The second-order valence-electron chi connectivity index (χ2n) is 13.7. The van der Waals surface area contributed by atoms with Crippen LogP contribution < -0.4 is 0 Å². The molecule has 0 amide bonds. The lowest BCUT2D eigenvalue weighted by atomic mass is 9.81. The highest BCUT2D eigenvalue weighted by molar-refractivity contribution is 6.25. The summed E-state index contributed by atoms with van der Waals surface area (Å²) < 4.78 is 0. The Kier molecular flexibility index (Phi) is 5.44. The zero-order valence-corrected chi connectivity index (χ0v) is 26.5. The van der Waals surface area contributed by atoms with Crippen LogP contribution in [0.1, 0.15) is 25.0 Å². The van der Waals surface area contributed by atoms with Crippen LogP contribution in [0.3, 0.4) is 0 Å². The van der Waals surface area contributed by atoms with Gasteiger partial charge in [-0.1, -0.05) is 159 Å². The summed E-state index contributed by atoms with van der Waals surface area (Å²) in [5.41, 5.74) is 13.0. The Morgan fingerprint density at radius 1 is 0.340 bits per heavy atom. The topological polar surface area (TPSA) is 0 Å². The van der Waals surface area contributed by atoms with E-state index < -0.39 is 0 Å². The standard InChI is InChI=1S/C47H32/c1-47(2)42-26-22-29-9-3-4-15-37(29)46(42)41-25-21-34(28-43(41)47)33-12-8-13-35(27-33)36-14-5-6-16-38(36)39-23-19-32-18-17-30-10-7-11-31-20-24-40(39)45(32)44(30)31/h3-28H,1-2H3. The summed E-state index contributed by atoms with van der Waals surface area (Å²) >= 11 is 0. The monoisotopic (exact) mass is 596 g/mol. The molecule has 0 aromatic heterocycles. The Balaban J connectivity index is 1.11. The lowest BCUT2D eigenvalue weighted by Crippen LogP contribution is -2.15. The highest BCUT2D eigenvalue weighted by Crippen LogP contribution is 2.52. The van der Waals surface area contributed by atoms with Gasteiger partial charge in [0, 0.05) is 5.41 Å². The smallest absolute Gasteiger partial charge is 0.0159 e. The summed E-state index contributed by atoms with van der Waals surface area (Å²) in [6, 6.07) is 58.9. The van der Waals surface area contributed by atoms with Gasteiger partial charge in [-0.3, -0.25) is 0 Å². The molecule has 0 spiro atoms. The first-order valence-electron chi connectivity index (χ1n) is 16.6. The zero-order chi connectivity index (χ0) is 31.3. The molecule has 0 nitrogen and oxygen atoms in total. The van der Waals surface area contributed by atoms with Gasteiger partial charge in [0.25, 0.3) is 0 Å². The molecule has 0 N–H and O–H groups in total. The Hall–Kier alpha value is -5.72. The van der Waals surface area contributed by atoms with Crippen molar-refractivity contribution in [2.45, 2.75) is 19.3 Å². The third-order valence-corrected chi connectivity index (χ3v) is 10.8. The van der Waals surface area contributed by atoms with E-state index in [1.807, 2.05) is 0 Å². The van der Waals surface area contributed by atoms with Gasteiger partial charge >= 0.3 is 0 Å². The average Bonchev–Trinajstić information content (AvgIpc) is 3.36. The molecule has 0 heteroatoms. The molecule has 0 saturated carbocycles. The van der Waals surface area contributed by atoms with E-state index in [0.29, 0.717) is 0 Å². The van der Waals surface area contributed by atoms with Gasteiger partial charge in [0.2, 0.25) is 0 Å². The van der Waals surface area contributed by atoms with E-state index in [1.54, 1.807) is 0 Å². The molecule has 0 atom stereocenters. The second-order valence-corrected chi connectivity index (χ2v) is 13.7. The largest absolute Gasteiger partial charge is 0.0616 e.